The minimum atomic E-state index is -0.872. The van der Waals surface area contributed by atoms with Crippen LogP contribution in [0, 0.1) is 5.41 Å². The van der Waals surface area contributed by atoms with Gasteiger partial charge in [0, 0.05) is 73.9 Å². The number of ether oxygens (including phenoxy) is 1. The molecule has 0 bridgehead atoms. The van der Waals surface area contributed by atoms with Gasteiger partial charge in [-0.15, -0.1) is 0 Å². The number of benzene rings is 2. The van der Waals surface area contributed by atoms with Gasteiger partial charge < -0.3 is 19.0 Å². The number of carbonyl (C=O) groups excluding carboxylic acids is 4. The molecule has 2 aromatic carbocycles. The van der Waals surface area contributed by atoms with Crippen LogP contribution in [0.1, 0.15) is 56.8 Å². The van der Waals surface area contributed by atoms with Crippen molar-refractivity contribution in [2.75, 3.05) is 27.2 Å². The first kappa shape index (κ1) is 36.7. The smallest absolute Gasteiger partial charge is 0.416 e. The van der Waals surface area contributed by atoms with Gasteiger partial charge in [0.25, 0.3) is 0 Å². The number of hydrogen-bond donors (Lipinski definition) is 0. The summed E-state index contributed by atoms with van der Waals surface area (Å²) in [6.07, 6.45) is 4.91. The Labute approximate surface area is 308 Å². The van der Waals surface area contributed by atoms with Crippen LogP contribution in [0.3, 0.4) is 0 Å². The number of rotatable bonds is 12. The van der Waals surface area contributed by atoms with Crippen LogP contribution >= 0.6 is 0 Å². The fourth-order valence-corrected chi connectivity index (χ4v) is 6.55. The molecular weight excluding hydrogens is 670 g/mol. The Morgan fingerprint density at radius 1 is 0.849 bits per heavy atom. The molecule has 3 aromatic heterocycles. The summed E-state index contributed by atoms with van der Waals surface area (Å²) in [6.45, 7) is 7.21. The number of furan rings is 1. The monoisotopic (exact) mass is 713 g/mol. The molecule has 0 fully saturated rings. The lowest BCUT2D eigenvalue weighted by Crippen LogP contribution is -2.40. The molecule has 0 spiro atoms. The maximum Gasteiger partial charge on any atom is 0.416 e. The molecule has 0 atom stereocenters. The predicted octanol–water partition coefficient (Wildman–Crippen LogP) is 6.89. The van der Waals surface area contributed by atoms with E-state index in [0.29, 0.717) is 51.6 Å². The van der Waals surface area contributed by atoms with E-state index in [2.05, 4.69) is 0 Å². The number of aromatic nitrogens is 3. The van der Waals surface area contributed by atoms with Crippen molar-refractivity contribution < 1.29 is 28.3 Å². The molecule has 0 saturated heterocycles. The quantitative estimate of drug-likeness (QED) is 0.128. The molecular formula is C42H43N5O6. The number of amides is 2. The molecule has 0 N–H and O–H groups in total. The number of nitrogens with zero attached hydrogens (tertiary/aromatic N) is 5. The first-order valence-corrected chi connectivity index (χ1v) is 17.5. The second kappa shape index (κ2) is 15.2. The number of allylic oxidation sites excluding steroid dienone is 4. The van der Waals surface area contributed by atoms with Gasteiger partial charge in [0.2, 0.25) is 11.8 Å². The highest BCUT2D eigenvalue weighted by atomic mass is 16.6. The van der Waals surface area contributed by atoms with Crippen LogP contribution in [0.4, 0.5) is 4.79 Å². The van der Waals surface area contributed by atoms with Crippen LogP contribution in [-0.4, -0.2) is 74.9 Å². The predicted molar refractivity (Wildman–Crippen MR) is 200 cm³/mol. The van der Waals surface area contributed by atoms with Crippen molar-refractivity contribution in [1.29, 1.82) is 0 Å². The van der Waals surface area contributed by atoms with E-state index in [0.717, 1.165) is 11.1 Å². The Bertz CT molecular complexity index is 2230. The largest absolute Gasteiger partial charge is 0.469 e. The fraction of sp³-hybridized carbons (Fsp3) is 0.286. The van der Waals surface area contributed by atoms with Gasteiger partial charge in [0.15, 0.2) is 17.2 Å². The number of Topliss-reactive ketones (excluding diaryl/α,β-unsaturated/α-hetero) is 1. The molecule has 0 saturated carbocycles. The van der Waals surface area contributed by atoms with Gasteiger partial charge in [-0.05, 0) is 37.6 Å². The van der Waals surface area contributed by atoms with Crippen molar-refractivity contribution in [1.82, 2.24) is 24.2 Å². The standard InChI is InChI=1S/C42H43N5O6/c1-27-22-35(48)28(2)37(38(27)50)42(3,4)25-36(49)45(5)19-20-46(6)41(51)53-40-33(24-31-18-13-21-52-31)44-39-32(23-29-14-9-7-10-15-29)43-34(26-47(39)40)30-16-11-8-12-17-30/h7-18,21-22,26H,19-20,23-25H2,1-6H3. The minimum absolute atomic E-state index is 0.0116. The summed E-state index contributed by atoms with van der Waals surface area (Å²) in [5, 5.41) is 0. The molecule has 1 aliphatic carbocycles. The molecule has 6 rings (SSSR count). The second-order valence-corrected chi connectivity index (χ2v) is 14.1. The molecule has 2 amide bonds. The molecule has 272 valence electrons. The number of hydrogen-bond acceptors (Lipinski definition) is 8. The topological polar surface area (TPSA) is 127 Å². The lowest BCUT2D eigenvalue weighted by Gasteiger charge is -2.32. The summed E-state index contributed by atoms with van der Waals surface area (Å²) >= 11 is 0. The van der Waals surface area contributed by atoms with E-state index in [-0.39, 0.29) is 49.3 Å². The van der Waals surface area contributed by atoms with E-state index >= 15 is 0 Å². The summed E-state index contributed by atoms with van der Waals surface area (Å²) < 4.78 is 13.6. The Morgan fingerprint density at radius 2 is 1.53 bits per heavy atom. The fourth-order valence-electron chi connectivity index (χ4n) is 6.55. The Balaban J connectivity index is 1.24. The number of ketones is 2. The van der Waals surface area contributed by atoms with E-state index in [9.17, 15) is 19.2 Å². The van der Waals surface area contributed by atoms with E-state index in [1.807, 2.05) is 72.9 Å². The van der Waals surface area contributed by atoms with Gasteiger partial charge in [-0.3, -0.25) is 18.8 Å². The molecule has 0 radical (unpaired) electrons. The van der Waals surface area contributed by atoms with E-state index in [1.165, 1.54) is 15.9 Å². The lowest BCUT2D eigenvalue weighted by atomic mass is 9.72. The molecule has 0 aliphatic heterocycles. The number of carbonyl (C=O) groups is 4. The summed E-state index contributed by atoms with van der Waals surface area (Å²) in [5.74, 6) is 0.235. The summed E-state index contributed by atoms with van der Waals surface area (Å²) in [6, 6.07) is 23.4. The Morgan fingerprint density at radius 3 is 2.21 bits per heavy atom. The molecule has 11 heteroatoms. The first-order valence-electron chi connectivity index (χ1n) is 17.5. The zero-order chi connectivity index (χ0) is 37.9. The SMILES string of the molecule is CC1=CC(=O)C(C)=C(C(C)(C)CC(=O)N(C)CCN(C)C(=O)Oc2c(Cc3ccco3)nc3c(Cc4ccccc4)nc(-c4ccccc4)cn23)C1=O. The molecule has 3 heterocycles. The van der Waals surface area contributed by atoms with Crippen molar-refractivity contribution in [2.24, 2.45) is 5.41 Å². The van der Waals surface area contributed by atoms with Crippen LogP contribution in [0.25, 0.3) is 16.9 Å². The molecule has 11 nitrogen and oxygen atoms in total. The third-order valence-corrected chi connectivity index (χ3v) is 9.54. The van der Waals surface area contributed by atoms with Gasteiger partial charge in [-0.25, -0.2) is 14.8 Å². The van der Waals surface area contributed by atoms with Crippen LogP contribution in [0.2, 0.25) is 0 Å². The van der Waals surface area contributed by atoms with Crippen molar-refractivity contribution in [3.05, 3.63) is 131 Å². The molecule has 5 aromatic rings. The van der Waals surface area contributed by atoms with Gasteiger partial charge in [-0.1, -0.05) is 74.5 Å². The second-order valence-electron chi connectivity index (χ2n) is 14.1. The van der Waals surface area contributed by atoms with Crippen LogP contribution in [0.5, 0.6) is 5.88 Å². The Kier molecular flexibility index (Phi) is 10.6. The van der Waals surface area contributed by atoms with Gasteiger partial charge in [0.1, 0.15) is 11.5 Å². The highest BCUT2D eigenvalue weighted by Gasteiger charge is 2.37. The average Bonchev–Trinajstić information content (AvgIpc) is 3.78. The molecule has 0 unspecified atom stereocenters. The zero-order valence-corrected chi connectivity index (χ0v) is 30.9. The van der Waals surface area contributed by atoms with E-state index in [1.54, 1.807) is 58.5 Å². The minimum Gasteiger partial charge on any atom is -0.469 e. The van der Waals surface area contributed by atoms with Crippen molar-refractivity contribution in [3.8, 4) is 17.1 Å². The zero-order valence-electron chi connectivity index (χ0n) is 30.9. The van der Waals surface area contributed by atoms with Crippen LogP contribution in [0.15, 0.2) is 112 Å². The number of likely N-dealkylation sites (N-methyl/N-ethyl adjacent to an activating group) is 2. The number of fused-ring (bicyclic) bond motifs is 1. The van der Waals surface area contributed by atoms with Crippen LogP contribution in [-0.2, 0) is 27.2 Å². The van der Waals surface area contributed by atoms with Crippen molar-refractivity contribution in [2.45, 2.75) is 47.0 Å². The maximum atomic E-state index is 13.7. The third kappa shape index (κ3) is 8.04. The van der Waals surface area contributed by atoms with Gasteiger partial charge >= 0.3 is 6.09 Å². The van der Waals surface area contributed by atoms with E-state index in [4.69, 9.17) is 19.1 Å². The normalized spacial score (nSPS) is 13.4. The summed E-state index contributed by atoms with van der Waals surface area (Å²) in [5.41, 5.74) is 4.64. The van der Waals surface area contributed by atoms with Crippen molar-refractivity contribution >= 4 is 29.2 Å². The van der Waals surface area contributed by atoms with Gasteiger partial charge in [0.05, 0.1) is 24.1 Å². The summed E-state index contributed by atoms with van der Waals surface area (Å²) in [7, 11) is 3.25. The average molecular weight is 714 g/mol. The highest BCUT2D eigenvalue weighted by molar-refractivity contribution is 6.22. The number of imidazole rings is 1. The van der Waals surface area contributed by atoms with Crippen LogP contribution < -0.4 is 4.74 Å². The molecule has 53 heavy (non-hydrogen) atoms. The molecule has 1 aliphatic rings. The van der Waals surface area contributed by atoms with Gasteiger partial charge in [-0.2, -0.15) is 0 Å². The Hall–Kier alpha value is -6.10. The summed E-state index contributed by atoms with van der Waals surface area (Å²) in [4.78, 5) is 65.5. The van der Waals surface area contributed by atoms with Crippen molar-refractivity contribution in [3.63, 3.8) is 0 Å². The maximum absolute atomic E-state index is 13.7. The third-order valence-electron chi connectivity index (χ3n) is 9.54. The lowest BCUT2D eigenvalue weighted by molar-refractivity contribution is -0.132. The highest BCUT2D eigenvalue weighted by Crippen LogP contribution is 2.37. The first-order chi connectivity index (χ1) is 25.3. The van der Waals surface area contributed by atoms with E-state index < -0.39 is 11.5 Å².